The second-order valence-corrected chi connectivity index (χ2v) is 6.29. The largest absolute Gasteiger partial charge is 0.366 e. The van der Waals surface area contributed by atoms with Crippen LogP contribution in [0.4, 0.5) is 0 Å². The van der Waals surface area contributed by atoms with E-state index in [1.165, 1.54) is 0 Å². The Morgan fingerprint density at radius 3 is 2.62 bits per heavy atom. The highest BCUT2D eigenvalue weighted by Crippen LogP contribution is 2.25. The molecule has 2 aromatic rings. The quantitative estimate of drug-likeness (QED) is 0.876. The number of hydrogen-bond acceptors (Lipinski definition) is 4. The summed E-state index contributed by atoms with van der Waals surface area (Å²) in [6.07, 6.45) is 3.39. The number of amides is 1. The summed E-state index contributed by atoms with van der Waals surface area (Å²) in [6, 6.07) is 10.6. The number of benzene rings is 1. The van der Waals surface area contributed by atoms with Crippen LogP contribution in [-0.4, -0.2) is 41.7 Å². The van der Waals surface area contributed by atoms with Crippen LogP contribution in [0.5, 0.6) is 0 Å². The molecule has 0 aliphatic carbocycles. The summed E-state index contributed by atoms with van der Waals surface area (Å²) in [7, 11) is 2.08. The minimum absolute atomic E-state index is 0.0655. The lowest BCUT2D eigenvalue weighted by Crippen LogP contribution is -2.33. The van der Waals surface area contributed by atoms with Gasteiger partial charge in [-0.2, -0.15) is 0 Å². The number of likely N-dealkylation sites (tertiary alicyclic amines) is 1. The number of carbonyl (C=O) groups is 2. The molecule has 1 fully saturated rings. The molecular formula is C19H21N3O2. The first-order valence-electron chi connectivity index (χ1n) is 8.14. The van der Waals surface area contributed by atoms with Gasteiger partial charge in [-0.25, -0.2) is 0 Å². The molecule has 1 aliphatic rings. The second-order valence-electron chi connectivity index (χ2n) is 6.29. The minimum atomic E-state index is -0.523. The number of nitrogens with zero attached hydrogens (tertiary/aromatic N) is 2. The van der Waals surface area contributed by atoms with E-state index < -0.39 is 5.91 Å². The number of nitrogens with two attached hydrogens (primary N) is 1. The number of hydrogen-bond donors (Lipinski definition) is 1. The molecule has 1 aromatic carbocycles. The van der Waals surface area contributed by atoms with Crippen LogP contribution in [0.2, 0.25) is 0 Å². The maximum absolute atomic E-state index is 12.8. The molecule has 1 amide bonds. The fourth-order valence-corrected chi connectivity index (χ4v) is 3.16. The van der Waals surface area contributed by atoms with Crippen LogP contribution in [0, 0.1) is 5.92 Å². The molecule has 5 nitrogen and oxygen atoms in total. The third kappa shape index (κ3) is 3.36. The van der Waals surface area contributed by atoms with Gasteiger partial charge in [0.1, 0.15) is 0 Å². The standard InChI is InChI=1S/C19H21N3O2/c1-22-10-7-13(8-11-22)18(23)15-5-2-4-14(12-15)17-16(19(20)24)6-3-9-21-17/h2-6,9,12-13H,7-8,10-11H2,1H3,(H2,20,24). The molecule has 0 spiro atoms. The van der Waals surface area contributed by atoms with Crippen molar-refractivity contribution in [3.8, 4) is 11.3 Å². The summed E-state index contributed by atoms with van der Waals surface area (Å²) in [5.41, 5.74) is 7.72. The van der Waals surface area contributed by atoms with Crippen LogP contribution in [0.3, 0.4) is 0 Å². The molecule has 0 radical (unpaired) electrons. The Morgan fingerprint density at radius 2 is 1.92 bits per heavy atom. The van der Waals surface area contributed by atoms with E-state index >= 15 is 0 Å². The van der Waals surface area contributed by atoms with Gasteiger partial charge in [-0.1, -0.05) is 18.2 Å². The first-order chi connectivity index (χ1) is 11.6. The summed E-state index contributed by atoms with van der Waals surface area (Å²) in [6.45, 7) is 1.89. The molecule has 24 heavy (non-hydrogen) atoms. The summed E-state index contributed by atoms with van der Waals surface area (Å²) in [5, 5.41) is 0. The molecule has 3 rings (SSSR count). The van der Waals surface area contributed by atoms with Crippen molar-refractivity contribution in [2.75, 3.05) is 20.1 Å². The van der Waals surface area contributed by atoms with Crippen molar-refractivity contribution in [3.05, 3.63) is 53.7 Å². The van der Waals surface area contributed by atoms with E-state index in [-0.39, 0.29) is 11.7 Å². The van der Waals surface area contributed by atoms with Crippen molar-refractivity contribution in [1.29, 1.82) is 0 Å². The highest BCUT2D eigenvalue weighted by Gasteiger charge is 2.24. The van der Waals surface area contributed by atoms with Gasteiger partial charge >= 0.3 is 0 Å². The Hall–Kier alpha value is -2.53. The zero-order valence-corrected chi connectivity index (χ0v) is 13.7. The predicted octanol–water partition coefficient (Wildman–Crippen LogP) is 2.37. The number of aromatic nitrogens is 1. The van der Waals surface area contributed by atoms with Gasteiger partial charge in [-0.3, -0.25) is 14.6 Å². The Kier molecular flexibility index (Phi) is 4.71. The zero-order valence-electron chi connectivity index (χ0n) is 13.7. The lowest BCUT2D eigenvalue weighted by atomic mass is 9.88. The van der Waals surface area contributed by atoms with Crippen LogP contribution < -0.4 is 5.73 Å². The normalized spacial score (nSPS) is 16.0. The van der Waals surface area contributed by atoms with Gasteiger partial charge in [-0.15, -0.1) is 0 Å². The first-order valence-corrected chi connectivity index (χ1v) is 8.14. The van der Waals surface area contributed by atoms with Crippen molar-refractivity contribution >= 4 is 11.7 Å². The number of pyridine rings is 1. The molecule has 124 valence electrons. The van der Waals surface area contributed by atoms with Gasteiger partial charge in [0.25, 0.3) is 5.91 Å². The lowest BCUT2D eigenvalue weighted by Gasteiger charge is -2.28. The van der Waals surface area contributed by atoms with Crippen molar-refractivity contribution < 1.29 is 9.59 Å². The summed E-state index contributed by atoms with van der Waals surface area (Å²) in [4.78, 5) is 30.9. The number of Topliss-reactive ketones (excluding diaryl/α,β-unsaturated/α-hetero) is 1. The van der Waals surface area contributed by atoms with Crippen LogP contribution in [-0.2, 0) is 0 Å². The molecule has 0 unspecified atom stereocenters. The molecule has 1 aromatic heterocycles. The van der Waals surface area contributed by atoms with Gasteiger partial charge in [0.2, 0.25) is 0 Å². The van der Waals surface area contributed by atoms with E-state index in [9.17, 15) is 9.59 Å². The van der Waals surface area contributed by atoms with Crippen LogP contribution in [0.15, 0.2) is 42.6 Å². The number of carbonyl (C=O) groups excluding carboxylic acids is 2. The molecule has 1 aliphatic heterocycles. The van der Waals surface area contributed by atoms with Gasteiger partial charge in [0.15, 0.2) is 5.78 Å². The van der Waals surface area contributed by atoms with E-state index in [2.05, 4.69) is 16.9 Å². The van der Waals surface area contributed by atoms with Gasteiger partial charge in [0.05, 0.1) is 11.3 Å². The monoisotopic (exact) mass is 323 g/mol. The highest BCUT2D eigenvalue weighted by atomic mass is 16.1. The van der Waals surface area contributed by atoms with Crippen molar-refractivity contribution in [2.45, 2.75) is 12.8 Å². The average Bonchev–Trinajstić information content (AvgIpc) is 2.62. The summed E-state index contributed by atoms with van der Waals surface area (Å²) >= 11 is 0. The molecule has 2 heterocycles. The second kappa shape index (κ2) is 6.93. The Bertz CT molecular complexity index is 765. The summed E-state index contributed by atoms with van der Waals surface area (Å²) < 4.78 is 0. The SMILES string of the molecule is CN1CCC(C(=O)c2cccc(-c3ncccc3C(N)=O)c2)CC1. The number of ketones is 1. The van der Waals surface area contributed by atoms with Crippen LogP contribution in [0.25, 0.3) is 11.3 Å². The zero-order chi connectivity index (χ0) is 17.1. The van der Waals surface area contributed by atoms with E-state index in [1.54, 1.807) is 18.3 Å². The first kappa shape index (κ1) is 16.3. The van der Waals surface area contributed by atoms with Gasteiger partial charge in [-0.05, 0) is 51.2 Å². The fraction of sp³-hybridized carbons (Fsp3) is 0.316. The third-order valence-electron chi connectivity index (χ3n) is 4.58. The van der Waals surface area contributed by atoms with Crippen LogP contribution in [0.1, 0.15) is 33.6 Å². The van der Waals surface area contributed by atoms with Gasteiger partial charge in [0, 0.05) is 23.2 Å². The third-order valence-corrected chi connectivity index (χ3v) is 4.58. The van der Waals surface area contributed by atoms with E-state index in [0.29, 0.717) is 16.8 Å². The molecule has 1 saturated heterocycles. The number of rotatable bonds is 4. The predicted molar refractivity (Wildman–Crippen MR) is 92.7 cm³/mol. The maximum Gasteiger partial charge on any atom is 0.250 e. The number of piperidine rings is 1. The average molecular weight is 323 g/mol. The molecular weight excluding hydrogens is 302 g/mol. The fourth-order valence-electron chi connectivity index (χ4n) is 3.16. The Morgan fingerprint density at radius 1 is 1.17 bits per heavy atom. The Balaban J connectivity index is 1.90. The van der Waals surface area contributed by atoms with Crippen molar-refractivity contribution in [1.82, 2.24) is 9.88 Å². The minimum Gasteiger partial charge on any atom is -0.366 e. The molecule has 0 atom stereocenters. The van der Waals surface area contributed by atoms with Gasteiger partial charge < -0.3 is 10.6 Å². The highest BCUT2D eigenvalue weighted by molar-refractivity contribution is 6.01. The molecule has 5 heteroatoms. The lowest BCUT2D eigenvalue weighted by molar-refractivity contribution is 0.0856. The maximum atomic E-state index is 12.8. The summed E-state index contributed by atoms with van der Waals surface area (Å²) in [5.74, 6) is -0.289. The van der Waals surface area contributed by atoms with E-state index in [1.807, 2.05) is 24.3 Å². The smallest absolute Gasteiger partial charge is 0.250 e. The molecule has 0 bridgehead atoms. The number of primary amides is 1. The van der Waals surface area contributed by atoms with Crippen molar-refractivity contribution in [3.63, 3.8) is 0 Å². The van der Waals surface area contributed by atoms with Crippen molar-refractivity contribution in [2.24, 2.45) is 11.7 Å². The van der Waals surface area contributed by atoms with E-state index in [0.717, 1.165) is 31.5 Å². The van der Waals surface area contributed by atoms with Crippen LogP contribution >= 0.6 is 0 Å². The Labute approximate surface area is 141 Å². The van der Waals surface area contributed by atoms with E-state index in [4.69, 9.17) is 5.73 Å². The molecule has 2 N–H and O–H groups in total. The topological polar surface area (TPSA) is 76.3 Å². The molecule has 0 saturated carbocycles.